The number of hydrogen-bond acceptors (Lipinski definition) is 5. The quantitative estimate of drug-likeness (QED) is 0.752. The van der Waals surface area contributed by atoms with E-state index in [1.807, 2.05) is 6.07 Å². The van der Waals surface area contributed by atoms with E-state index in [1.54, 1.807) is 26.6 Å². The van der Waals surface area contributed by atoms with Crippen LogP contribution >= 0.6 is 0 Å². The van der Waals surface area contributed by atoms with Gasteiger partial charge in [-0.25, -0.2) is 0 Å². The largest absolute Gasteiger partial charge is 0.392 e. The van der Waals surface area contributed by atoms with Crippen LogP contribution in [0.15, 0.2) is 18.5 Å². The molecule has 1 rings (SSSR count). The minimum absolute atomic E-state index is 0.00103. The Labute approximate surface area is 108 Å². The molecule has 0 amide bonds. The second-order valence-electron chi connectivity index (χ2n) is 4.15. The molecule has 1 unspecified atom stereocenters. The average Bonchev–Trinajstić information content (AvgIpc) is 2.40. The summed E-state index contributed by atoms with van der Waals surface area (Å²) in [5.74, 6) is 0. The molecule has 0 bridgehead atoms. The van der Waals surface area contributed by atoms with Gasteiger partial charge >= 0.3 is 0 Å². The van der Waals surface area contributed by atoms with Crippen LogP contribution in [0, 0.1) is 0 Å². The van der Waals surface area contributed by atoms with Crippen molar-refractivity contribution in [2.75, 3.05) is 38.9 Å². The number of pyridine rings is 1. The minimum atomic E-state index is 0.00103. The monoisotopic (exact) mass is 254 g/mol. The molecule has 5 nitrogen and oxygen atoms in total. The summed E-state index contributed by atoms with van der Waals surface area (Å²) >= 11 is 0. The number of rotatable bonds is 8. The third-order valence-electron chi connectivity index (χ3n) is 2.84. The number of nitrogens with zero attached hydrogens (tertiary/aromatic N) is 2. The summed E-state index contributed by atoms with van der Waals surface area (Å²) in [7, 11) is 3.36. The van der Waals surface area contributed by atoms with Crippen molar-refractivity contribution in [2.24, 2.45) is 0 Å². The Hall–Kier alpha value is -1.17. The number of aliphatic hydroxyl groups is 1. The Morgan fingerprint density at radius 3 is 2.78 bits per heavy atom. The molecule has 1 atom stereocenters. The number of methoxy groups -OCH3 is 2. The zero-order valence-corrected chi connectivity index (χ0v) is 11.3. The van der Waals surface area contributed by atoms with Gasteiger partial charge in [0.25, 0.3) is 0 Å². The summed E-state index contributed by atoms with van der Waals surface area (Å²) in [5, 5.41) is 9.39. The van der Waals surface area contributed by atoms with Crippen molar-refractivity contribution in [1.29, 1.82) is 0 Å². The van der Waals surface area contributed by atoms with E-state index in [9.17, 15) is 5.11 Å². The minimum Gasteiger partial charge on any atom is -0.392 e. The van der Waals surface area contributed by atoms with Gasteiger partial charge in [0, 0.05) is 38.6 Å². The fourth-order valence-electron chi connectivity index (χ4n) is 1.91. The molecule has 0 aliphatic heterocycles. The normalized spacial score (nSPS) is 12.4. The fraction of sp³-hybridized carbons (Fsp3) is 0.615. The highest BCUT2D eigenvalue weighted by Crippen LogP contribution is 2.21. The predicted molar refractivity (Wildman–Crippen MR) is 70.7 cm³/mol. The molecule has 5 heteroatoms. The number of ether oxygens (including phenoxy) is 2. The second-order valence-corrected chi connectivity index (χ2v) is 4.15. The van der Waals surface area contributed by atoms with Crippen LogP contribution in [0.25, 0.3) is 0 Å². The molecular formula is C13H22N2O3. The van der Waals surface area contributed by atoms with Crippen molar-refractivity contribution in [2.45, 2.75) is 19.6 Å². The zero-order chi connectivity index (χ0) is 13.4. The van der Waals surface area contributed by atoms with Gasteiger partial charge in [-0.15, -0.1) is 0 Å². The number of aliphatic hydroxyl groups excluding tert-OH is 1. The van der Waals surface area contributed by atoms with Gasteiger partial charge in [0.15, 0.2) is 0 Å². The molecule has 0 spiro atoms. The molecule has 1 heterocycles. The zero-order valence-electron chi connectivity index (χ0n) is 11.3. The van der Waals surface area contributed by atoms with E-state index >= 15 is 0 Å². The molecule has 1 N–H and O–H groups in total. The van der Waals surface area contributed by atoms with E-state index in [0.717, 1.165) is 17.8 Å². The van der Waals surface area contributed by atoms with Gasteiger partial charge in [-0.3, -0.25) is 4.98 Å². The van der Waals surface area contributed by atoms with E-state index in [2.05, 4.69) is 16.8 Å². The van der Waals surface area contributed by atoms with Gasteiger partial charge in [0.05, 0.1) is 31.7 Å². The van der Waals surface area contributed by atoms with Gasteiger partial charge in [-0.2, -0.15) is 0 Å². The molecule has 0 saturated heterocycles. The van der Waals surface area contributed by atoms with Crippen LogP contribution in [0.4, 0.5) is 5.69 Å². The molecular weight excluding hydrogens is 232 g/mol. The van der Waals surface area contributed by atoms with Gasteiger partial charge < -0.3 is 19.5 Å². The van der Waals surface area contributed by atoms with E-state index in [4.69, 9.17) is 9.47 Å². The molecule has 0 saturated carbocycles. The summed E-state index contributed by atoms with van der Waals surface area (Å²) < 4.78 is 10.3. The van der Waals surface area contributed by atoms with Crippen molar-refractivity contribution in [3.8, 4) is 0 Å². The topological polar surface area (TPSA) is 54.8 Å². The number of hydrogen-bond donors (Lipinski definition) is 1. The summed E-state index contributed by atoms with van der Waals surface area (Å²) in [6.45, 7) is 4.05. The Bertz CT molecular complexity index is 347. The molecule has 1 aromatic heterocycles. The van der Waals surface area contributed by atoms with Crippen LogP contribution in [0.2, 0.25) is 0 Å². The first-order chi connectivity index (χ1) is 8.74. The highest BCUT2D eigenvalue weighted by Gasteiger charge is 2.17. The lowest BCUT2D eigenvalue weighted by atomic mass is 10.2. The van der Waals surface area contributed by atoms with Crippen molar-refractivity contribution >= 4 is 5.69 Å². The average molecular weight is 254 g/mol. The lowest BCUT2D eigenvalue weighted by Gasteiger charge is -2.31. The van der Waals surface area contributed by atoms with Crippen LogP contribution in [-0.2, 0) is 16.1 Å². The van der Waals surface area contributed by atoms with Crippen LogP contribution in [0.3, 0.4) is 0 Å². The molecule has 0 aliphatic rings. The maximum atomic E-state index is 9.39. The Balaban J connectivity index is 2.92. The maximum absolute atomic E-state index is 9.39. The molecule has 102 valence electrons. The van der Waals surface area contributed by atoms with E-state index in [0.29, 0.717) is 13.2 Å². The first-order valence-corrected chi connectivity index (χ1v) is 6.02. The smallest absolute Gasteiger partial charge is 0.0703 e. The number of anilines is 1. The molecule has 0 fully saturated rings. The number of aromatic nitrogens is 1. The van der Waals surface area contributed by atoms with Crippen molar-refractivity contribution < 1.29 is 14.6 Å². The van der Waals surface area contributed by atoms with Gasteiger partial charge in [-0.1, -0.05) is 0 Å². The van der Waals surface area contributed by atoms with E-state index < -0.39 is 0 Å². The third kappa shape index (κ3) is 3.94. The molecule has 0 radical (unpaired) electrons. The third-order valence-corrected chi connectivity index (χ3v) is 2.84. The van der Waals surface area contributed by atoms with Crippen molar-refractivity contribution in [3.05, 3.63) is 24.0 Å². The summed E-state index contributed by atoms with van der Waals surface area (Å²) in [6.07, 6.45) is 3.46. The second kappa shape index (κ2) is 8.02. The van der Waals surface area contributed by atoms with E-state index in [-0.39, 0.29) is 12.6 Å². The predicted octanol–water partition coefficient (Wildman–Crippen LogP) is 1.06. The van der Waals surface area contributed by atoms with Crippen molar-refractivity contribution in [1.82, 2.24) is 4.98 Å². The summed E-state index contributed by atoms with van der Waals surface area (Å²) in [6, 6.07) is 2.02. The standard InChI is InChI=1S/C13H22N2O3/c1-11(10-18-3)15(6-7-17-2)13-8-14-5-4-12(13)9-16/h4-5,8,11,16H,6-7,9-10H2,1-3H3. The Morgan fingerprint density at radius 2 is 2.17 bits per heavy atom. The molecule has 0 aliphatic carbocycles. The van der Waals surface area contributed by atoms with Gasteiger partial charge in [0.2, 0.25) is 0 Å². The van der Waals surface area contributed by atoms with Crippen LogP contribution in [0.5, 0.6) is 0 Å². The molecule has 0 aromatic carbocycles. The van der Waals surface area contributed by atoms with Crippen molar-refractivity contribution in [3.63, 3.8) is 0 Å². The molecule has 1 aromatic rings. The lowest BCUT2D eigenvalue weighted by molar-refractivity contribution is 0.170. The summed E-state index contributed by atoms with van der Waals surface area (Å²) in [5.41, 5.74) is 1.80. The first kappa shape index (κ1) is 14.9. The highest BCUT2D eigenvalue weighted by molar-refractivity contribution is 5.52. The van der Waals surface area contributed by atoms with Crippen LogP contribution in [0.1, 0.15) is 12.5 Å². The lowest BCUT2D eigenvalue weighted by Crippen LogP contribution is -2.39. The van der Waals surface area contributed by atoms with E-state index in [1.165, 1.54) is 0 Å². The SMILES string of the molecule is COCCN(c1cnccc1CO)C(C)COC. The Kier molecular flexibility index (Phi) is 6.64. The van der Waals surface area contributed by atoms with Crippen LogP contribution < -0.4 is 4.90 Å². The van der Waals surface area contributed by atoms with Gasteiger partial charge in [0.1, 0.15) is 0 Å². The molecule has 18 heavy (non-hydrogen) atoms. The summed E-state index contributed by atoms with van der Waals surface area (Å²) in [4.78, 5) is 6.27. The maximum Gasteiger partial charge on any atom is 0.0703 e. The Morgan fingerprint density at radius 1 is 1.39 bits per heavy atom. The first-order valence-electron chi connectivity index (χ1n) is 6.02. The fourth-order valence-corrected chi connectivity index (χ4v) is 1.91. The highest BCUT2D eigenvalue weighted by atomic mass is 16.5. The van der Waals surface area contributed by atoms with Crippen LogP contribution in [-0.4, -0.2) is 50.1 Å². The van der Waals surface area contributed by atoms with Gasteiger partial charge in [-0.05, 0) is 13.0 Å².